The van der Waals surface area contributed by atoms with Gasteiger partial charge in [0.25, 0.3) is 5.91 Å². The number of nitrogens with zero attached hydrogens (tertiary/aromatic N) is 4. The van der Waals surface area contributed by atoms with Crippen LogP contribution in [0.3, 0.4) is 0 Å². The Bertz CT molecular complexity index is 1170. The fraction of sp³-hybridized carbons (Fsp3) is 0.273. The average molecular weight is 422 g/mol. The predicted octanol–water partition coefficient (Wildman–Crippen LogP) is 4.22. The Morgan fingerprint density at radius 2 is 2.03 bits per heavy atom. The normalized spacial score (nSPS) is 11.0. The molecule has 1 amide bonds. The first-order chi connectivity index (χ1) is 14.5. The summed E-state index contributed by atoms with van der Waals surface area (Å²) in [6, 6.07) is 9.68. The number of carbonyl (C=O) groups excluding carboxylic acids is 1. The van der Waals surface area contributed by atoms with Gasteiger partial charge in [0.05, 0.1) is 16.8 Å². The summed E-state index contributed by atoms with van der Waals surface area (Å²) < 4.78 is 5.62. The number of pyridine rings is 1. The lowest BCUT2D eigenvalue weighted by Gasteiger charge is -2.16. The number of hydrogen-bond acceptors (Lipinski definition) is 7. The lowest BCUT2D eigenvalue weighted by Crippen LogP contribution is -2.28. The van der Waals surface area contributed by atoms with Crippen molar-refractivity contribution in [3.8, 4) is 0 Å². The summed E-state index contributed by atoms with van der Waals surface area (Å²) in [5.74, 6) is 2.39. The molecule has 4 aromatic rings. The van der Waals surface area contributed by atoms with Gasteiger partial charge in [-0.1, -0.05) is 6.07 Å². The number of nitrogens with one attached hydrogen (secondary N) is 1. The number of likely N-dealkylation sites (N-methyl/N-ethyl adjacent to an activating group) is 1. The van der Waals surface area contributed by atoms with E-state index in [1.165, 1.54) is 17.7 Å². The highest BCUT2D eigenvalue weighted by Crippen LogP contribution is 2.34. The number of furan rings is 1. The molecule has 0 aliphatic heterocycles. The van der Waals surface area contributed by atoms with Crippen LogP contribution in [-0.4, -0.2) is 39.4 Å². The van der Waals surface area contributed by atoms with Crippen LogP contribution in [0.2, 0.25) is 0 Å². The van der Waals surface area contributed by atoms with Gasteiger partial charge in [0, 0.05) is 31.9 Å². The van der Waals surface area contributed by atoms with E-state index in [-0.39, 0.29) is 5.91 Å². The second-order valence-electron chi connectivity index (χ2n) is 7.12. The molecule has 154 valence electrons. The van der Waals surface area contributed by atoms with Gasteiger partial charge in [-0.2, -0.15) is 0 Å². The molecular formula is C22H23N5O2S. The number of aromatic nitrogens is 3. The van der Waals surface area contributed by atoms with Gasteiger partial charge in [-0.25, -0.2) is 9.97 Å². The van der Waals surface area contributed by atoms with Crippen molar-refractivity contribution in [2.75, 3.05) is 18.9 Å². The molecule has 1 N–H and O–H groups in total. The Labute approximate surface area is 178 Å². The third-order valence-corrected chi connectivity index (χ3v) is 6.11. The predicted molar refractivity (Wildman–Crippen MR) is 118 cm³/mol. The first-order valence-corrected chi connectivity index (χ1v) is 10.5. The van der Waals surface area contributed by atoms with Crippen molar-refractivity contribution in [1.82, 2.24) is 19.9 Å². The Morgan fingerprint density at radius 1 is 1.17 bits per heavy atom. The van der Waals surface area contributed by atoms with E-state index in [1.807, 2.05) is 51.2 Å². The Balaban J connectivity index is 1.52. The van der Waals surface area contributed by atoms with Gasteiger partial charge < -0.3 is 14.6 Å². The number of fused-ring (bicyclic) bond motifs is 1. The number of thiophene rings is 1. The molecule has 4 heterocycles. The van der Waals surface area contributed by atoms with Crippen LogP contribution >= 0.6 is 11.3 Å². The van der Waals surface area contributed by atoms with Crippen molar-refractivity contribution in [2.24, 2.45) is 0 Å². The fourth-order valence-electron chi connectivity index (χ4n) is 3.26. The molecule has 0 radical (unpaired) electrons. The van der Waals surface area contributed by atoms with Crippen molar-refractivity contribution >= 4 is 33.3 Å². The minimum absolute atomic E-state index is 0.0148. The van der Waals surface area contributed by atoms with E-state index in [0.717, 1.165) is 33.0 Å². The molecule has 7 nitrogen and oxygen atoms in total. The second kappa shape index (κ2) is 8.62. The summed E-state index contributed by atoms with van der Waals surface area (Å²) >= 11 is 1.40. The zero-order valence-electron chi connectivity index (χ0n) is 17.2. The molecule has 8 heteroatoms. The summed E-state index contributed by atoms with van der Waals surface area (Å²) in [6.07, 6.45) is 4.00. The highest BCUT2D eigenvalue weighted by molar-refractivity contribution is 7.20. The van der Waals surface area contributed by atoms with Crippen LogP contribution in [0.5, 0.6) is 0 Å². The molecule has 0 aliphatic rings. The average Bonchev–Trinajstić information content (AvgIpc) is 3.34. The van der Waals surface area contributed by atoms with Gasteiger partial charge in [0.15, 0.2) is 0 Å². The summed E-state index contributed by atoms with van der Waals surface area (Å²) in [7, 11) is 1.82. The second-order valence-corrected chi connectivity index (χ2v) is 8.12. The monoisotopic (exact) mass is 421 g/mol. The molecule has 30 heavy (non-hydrogen) atoms. The van der Waals surface area contributed by atoms with Crippen LogP contribution < -0.4 is 5.32 Å². The SMILES string of the molecule is Cc1ccc(CNc2ncnc3sc(C(=O)N(C)CCc4ccccn4)c(C)c23)o1. The zero-order chi connectivity index (χ0) is 21.1. The Kier molecular flexibility index (Phi) is 5.76. The number of aryl methyl sites for hydroxylation is 2. The minimum atomic E-state index is -0.0148. The molecule has 0 aromatic carbocycles. The number of amides is 1. The largest absolute Gasteiger partial charge is 0.465 e. The molecule has 4 aromatic heterocycles. The van der Waals surface area contributed by atoms with Crippen molar-refractivity contribution in [3.63, 3.8) is 0 Å². The molecule has 0 saturated heterocycles. The summed E-state index contributed by atoms with van der Waals surface area (Å²) in [5, 5.41) is 4.20. The number of rotatable bonds is 7. The minimum Gasteiger partial charge on any atom is -0.465 e. The summed E-state index contributed by atoms with van der Waals surface area (Å²) in [6.45, 7) is 4.97. The van der Waals surface area contributed by atoms with E-state index in [9.17, 15) is 4.79 Å². The van der Waals surface area contributed by atoms with Gasteiger partial charge in [-0.3, -0.25) is 9.78 Å². The van der Waals surface area contributed by atoms with Gasteiger partial charge in [-0.05, 0) is 43.7 Å². The molecule has 0 atom stereocenters. The summed E-state index contributed by atoms with van der Waals surface area (Å²) in [4.78, 5) is 29.4. The van der Waals surface area contributed by atoms with Gasteiger partial charge in [0.1, 0.15) is 28.5 Å². The van der Waals surface area contributed by atoms with Crippen LogP contribution in [0.1, 0.15) is 32.4 Å². The topological polar surface area (TPSA) is 84.2 Å². The maximum absolute atomic E-state index is 13.1. The van der Waals surface area contributed by atoms with E-state index in [1.54, 1.807) is 11.1 Å². The van der Waals surface area contributed by atoms with E-state index >= 15 is 0 Å². The third kappa shape index (κ3) is 4.18. The van der Waals surface area contributed by atoms with Gasteiger partial charge >= 0.3 is 0 Å². The first kappa shape index (κ1) is 20.0. The standard InChI is InChI=1S/C22H23N5O2S/c1-14-7-8-17(29-14)12-24-20-18-15(2)19(30-21(18)26-13-25-20)22(28)27(3)11-9-16-6-4-5-10-23-16/h4-8,10,13H,9,11-12H2,1-3H3,(H,24,25,26). The van der Waals surface area contributed by atoms with Gasteiger partial charge in [0.2, 0.25) is 0 Å². The third-order valence-electron chi connectivity index (χ3n) is 4.92. The quantitative estimate of drug-likeness (QED) is 0.481. The van der Waals surface area contributed by atoms with E-state index in [0.29, 0.717) is 30.2 Å². The molecule has 0 bridgehead atoms. The smallest absolute Gasteiger partial charge is 0.264 e. The highest BCUT2D eigenvalue weighted by Gasteiger charge is 2.22. The molecule has 0 spiro atoms. The van der Waals surface area contributed by atoms with Crippen LogP contribution in [0.25, 0.3) is 10.2 Å². The molecule has 0 fully saturated rings. The molecule has 0 saturated carbocycles. The maximum atomic E-state index is 13.1. The maximum Gasteiger partial charge on any atom is 0.264 e. The fourth-order valence-corrected chi connectivity index (χ4v) is 4.41. The van der Waals surface area contributed by atoms with E-state index in [2.05, 4.69) is 20.3 Å². The van der Waals surface area contributed by atoms with Crippen LogP contribution in [0.15, 0.2) is 47.3 Å². The highest BCUT2D eigenvalue weighted by atomic mass is 32.1. The first-order valence-electron chi connectivity index (χ1n) is 9.71. The molecule has 0 unspecified atom stereocenters. The van der Waals surface area contributed by atoms with E-state index < -0.39 is 0 Å². The lowest BCUT2D eigenvalue weighted by atomic mass is 10.2. The lowest BCUT2D eigenvalue weighted by molar-refractivity contribution is 0.0800. The number of carbonyl (C=O) groups is 1. The zero-order valence-corrected chi connectivity index (χ0v) is 18.0. The molecular weight excluding hydrogens is 398 g/mol. The van der Waals surface area contributed by atoms with Crippen LogP contribution in [0, 0.1) is 13.8 Å². The van der Waals surface area contributed by atoms with E-state index in [4.69, 9.17) is 4.42 Å². The summed E-state index contributed by atoms with van der Waals surface area (Å²) in [5.41, 5.74) is 1.86. The number of anilines is 1. The van der Waals surface area contributed by atoms with Crippen molar-refractivity contribution in [3.05, 3.63) is 70.5 Å². The Hall–Kier alpha value is -3.26. The van der Waals surface area contributed by atoms with Crippen LogP contribution in [-0.2, 0) is 13.0 Å². The van der Waals surface area contributed by atoms with Crippen molar-refractivity contribution < 1.29 is 9.21 Å². The van der Waals surface area contributed by atoms with Crippen molar-refractivity contribution in [2.45, 2.75) is 26.8 Å². The van der Waals surface area contributed by atoms with Crippen LogP contribution in [0.4, 0.5) is 5.82 Å². The van der Waals surface area contributed by atoms with Gasteiger partial charge in [-0.15, -0.1) is 11.3 Å². The van der Waals surface area contributed by atoms with Crippen molar-refractivity contribution in [1.29, 1.82) is 0 Å². The molecule has 4 rings (SSSR count). The number of hydrogen-bond donors (Lipinski definition) is 1. The Morgan fingerprint density at radius 3 is 2.77 bits per heavy atom. The molecule has 0 aliphatic carbocycles.